The fourth-order valence-corrected chi connectivity index (χ4v) is 5.41. The molecule has 0 radical (unpaired) electrons. The predicted molar refractivity (Wildman–Crippen MR) is 111 cm³/mol. The Bertz CT molecular complexity index is 937. The summed E-state index contributed by atoms with van der Waals surface area (Å²) in [4.78, 5) is 17.0. The standard InChI is InChI=1S/C21H21FN2O2S2/c22-16-5-3-4-15(12-16)21(8-10-26-11-9-21)14-23-19(25)13-27-20-24-17-6-1-2-7-18(17)28-20/h1-7,12H,8-11,13-14H2,(H,23,25). The number of carbonyl (C=O) groups excluding carboxylic acids is 1. The highest BCUT2D eigenvalue weighted by Gasteiger charge is 2.35. The number of rotatable bonds is 6. The lowest BCUT2D eigenvalue weighted by molar-refractivity contribution is -0.119. The van der Waals surface area contributed by atoms with E-state index in [0.29, 0.717) is 25.5 Å². The van der Waals surface area contributed by atoms with Gasteiger partial charge >= 0.3 is 0 Å². The van der Waals surface area contributed by atoms with Crippen molar-refractivity contribution < 1.29 is 13.9 Å². The van der Waals surface area contributed by atoms with Gasteiger partial charge in [0, 0.05) is 25.2 Å². The number of benzene rings is 2. The van der Waals surface area contributed by atoms with Gasteiger partial charge in [-0.3, -0.25) is 4.79 Å². The van der Waals surface area contributed by atoms with Crippen LogP contribution >= 0.6 is 23.1 Å². The smallest absolute Gasteiger partial charge is 0.230 e. The summed E-state index contributed by atoms with van der Waals surface area (Å²) < 4.78 is 21.3. The molecule has 0 bridgehead atoms. The summed E-state index contributed by atoms with van der Waals surface area (Å²) in [5, 5.41) is 3.05. The van der Waals surface area contributed by atoms with Crippen molar-refractivity contribution in [2.75, 3.05) is 25.5 Å². The number of thiazole rings is 1. The Morgan fingerprint density at radius 1 is 1.21 bits per heavy atom. The van der Waals surface area contributed by atoms with E-state index in [4.69, 9.17) is 4.74 Å². The van der Waals surface area contributed by atoms with E-state index in [-0.39, 0.29) is 17.1 Å². The van der Waals surface area contributed by atoms with Crippen LogP contribution in [0.1, 0.15) is 18.4 Å². The summed E-state index contributed by atoms with van der Waals surface area (Å²) in [6.45, 7) is 1.72. The molecule has 2 aromatic carbocycles. The Morgan fingerprint density at radius 2 is 2.04 bits per heavy atom. The molecule has 0 atom stereocenters. The van der Waals surface area contributed by atoms with Crippen molar-refractivity contribution in [2.45, 2.75) is 22.6 Å². The van der Waals surface area contributed by atoms with Crippen LogP contribution in [0.4, 0.5) is 4.39 Å². The Balaban J connectivity index is 1.38. The van der Waals surface area contributed by atoms with Gasteiger partial charge in [-0.1, -0.05) is 36.0 Å². The minimum absolute atomic E-state index is 0.0356. The van der Waals surface area contributed by atoms with Gasteiger partial charge in [0.1, 0.15) is 5.82 Å². The highest BCUT2D eigenvalue weighted by atomic mass is 32.2. The molecule has 1 fully saturated rings. The second kappa shape index (κ2) is 8.59. The fraction of sp³-hybridized carbons (Fsp3) is 0.333. The Labute approximate surface area is 171 Å². The SMILES string of the molecule is O=C(CSc1nc2ccccc2s1)NCC1(c2cccc(F)c2)CCOCC1. The molecule has 7 heteroatoms. The number of thioether (sulfide) groups is 1. The van der Waals surface area contributed by atoms with E-state index in [9.17, 15) is 9.18 Å². The molecule has 4 rings (SSSR count). The van der Waals surface area contributed by atoms with Gasteiger partial charge in [0.15, 0.2) is 4.34 Å². The molecule has 28 heavy (non-hydrogen) atoms. The average molecular weight is 417 g/mol. The highest BCUT2D eigenvalue weighted by Crippen LogP contribution is 2.35. The van der Waals surface area contributed by atoms with Gasteiger partial charge in [-0.2, -0.15) is 0 Å². The van der Waals surface area contributed by atoms with Crippen molar-refractivity contribution in [3.8, 4) is 0 Å². The Kier molecular flexibility index (Phi) is 5.94. The third-order valence-corrected chi connectivity index (χ3v) is 7.29. The number of halogens is 1. The molecule has 0 unspecified atom stereocenters. The van der Waals surface area contributed by atoms with Crippen molar-refractivity contribution >= 4 is 39.2 Å². The van der Waals surface area contributed by atoms with Crippen molar-refractivity contribution in [1.29, 1.82) is 0 Å². The first-order valence-electron chi connectivity index (χ1n) is 9.24. The lowest BCUT2D eigenvalue weighted by Crippen LogP contribution is -2.45. The molecule has 3 aromatic rings. The molecule has 146 valence electrons. The van der Waals surface area contributed by atoms with E-state index >= 15 is 0 Å². The summed E-state index contributed by atoms with van der Waals surface area (Å²) in [6.07, 6.45) is 1.53. The van der Waals surface area contributed by atoms with Crippen LogP contribution in [0.3, 0.4) is 0 Å². The summed E-state index contributed by atoms with van der Waals surface area (Å²) >= 11 is 3.05. The number of aromatic nitrogens is 1. The van der Waals surface area contributed by atoms with Gasteiger partial charge < -0.3 is 10.1 Å². The molecule has 2 heterocycles. The maximum absolute atomic E-state index is 13.8. The predicted octanol–water partition coefficient (Wildman–Crippen LogP) is 4.39. The molecule has 1 aromatic heterocycles. The van der Waals surface area contributed by atoms with E-state index in [1.165, 1.54) is 17.8 Å². The van der Waals surface area contributed by atoms with Crippen LogP contribution in [-0.4, -0.2) is 36.4 Å². The van der Waals surface area contributed by atoms with Gasteiger partial charge in [0.25, 0.3) is 0 Å². The minimum Gasteiger partial charge on any atom is -0.381 e. The first-order chi connectivity index (χ1) is 13.6. The van der Waals surface area contributed by atoms with E-state index in [1.54, 1.807) is 23.5 Å². The average Bonchev–Trinajstić information content (AvgIpc) is 3.14. The molecular formula is C21H21FN2O2S2. The first kappa shape index (κ1) is 19.4. The number of amides is 1. The molecule has 0 spiro atoms. The third-order valence-electron chi connectivity index (χ3n) is 5.11. The maximum Gasteiger partial charge on any atom is 0.230 e. The van der Waals surface area contributed by atoms with Crippen LogP contribution in [-0.2, 0) is 14.9 Å². The highest BCUT2D eigenvalue weighted by molar-refractivity contribution is 8.01. The number of hydrogen-bond donors (Lipinski definition) is 1. The van der Waals surface area contributed by atoms with Crippen LogP contribution in [0.25, 0.3) is 10.2 Å². The molecule has 1 amide bonds. The molecule has 1 aliphatic rings. The van der Waals surface area contributed by atoms with Gasteiger partial charge in [0.05, 0.1) is 16.0 Å². The number of nitrogens with one attached hydrogen (secondary N) is 1. The van der Waals surface area contributed by atoms with Crippen LogP contribution in [0.15, 0.2) is 52.9 Å². The van der Waals surface area contributed by atoms with Gasteiger partial charge in [-0.25, -0.2) is 9.37 Å². The third kappa shape index (κ3) is 4.37. The molecule has 1 N–H and O–H groups in total. The minimum atomic E-state index is -0.281. The van der Waals surface area contributed by atoms with Gasteiger partial charge in [0.2, 0.25) is 5.91 Å². The number of para-hydroxylation sites is 1. The second-order valence-electron chi connectivity index (χ2n) is 6.92. The molecule has 1 aliphatic heterocycles. The second-order valence-corrected chi connectivity index (χ2v) is 9.17. The number of nitrogens with zero attached hydrogens (tertiary/aromatic N) is 1. The summed E-state index contributed by atoms with van der Waals surface area (Å²) in [5.74, 6) is 0.0304. The summed E-state index contributed by atoms with van der Waals surface area (Å²) in [5.41, 5.74) is 1.61. The van der Waals surface area contributed by atoms with E-state index in [0.717, 1.165) is 33.0 Å². The van der Waals surface area contributed by atoms with Crippen LogP contribution in [0.2, 0.25) is 0 Å². The molecule has 0 aliphatic carbocycles. The van der Waals surface area contributed by atoms with Gasteiger partial charge in [-0.15, -0.1) is 11.3 Å². The van der Waals surface area contributed by atoms with Crippen molar-refractivity contribution in [3.63, 3.8) is 0 Å². The lowest BCUT2D eigenvalue weighted by atomic mass is 9.74. The first-order valence-corrected chi connectivity index (χ1v) is 11.0. The monoisotopic (exact) mass is 416 g/mol. The van der Waals surface area contributed by atoms with Gasteiger partial charge in [-0.05, 0) is 42.7 Å². The largest absolute Gasteiger partial charge is 0.381 e. The summed E-state index contributed by atoms with van der Waals surface area (Å²) in [6, 6.07) is 14.7. The van der Waals surface area contributed by atoms with Crippen LogP contribution < -0.4 is 5.32 Å². The van der Waals surface area contributed by atoms with E-state index < -0.39 is 0 Å². The van der Waals surface area contributed by atoms with E-state index in [2.05, 4.69) is 10.3 Å². The molecule has 0 saturated carbocycles. The zero-order valence-corrected chi connectivity index (χ0v) is 17.0. The topological polar surface area (TPSA) is 51.2 Å². The molecular weight excluding hydrogens is 395 g/mol. The Hall–Kier alpha value is -1.96. The van der Waals surface area contributed by atoms with Crippen molar-refractivity contribution in [1.82, 2.24) is 10.3 Å². The molecule has 4 nitrogen and oxygen atoms in total. The lowest BCUT2D eigenvalue weighted by Gasteiger charge is -2.38. The van der Waals surface area contributed by atoms with E-state index in [1.807, 2.05) is 30.3 Å². The van der Waals surface area contributed by atoms with Crippen LogP contribution in [0, 0.1) is 5.82 Å². The van der Waals surface area contributed by atoms with Crippen molar-refractivity contribution in [3.05, 3.63) is 59.9 Å². The van der Waals surface area contributed by atoms with Crippen LogP contribution in [0.5, 0.6) is 0 Å². The summed E-state index contributed by atoms with van der Waals surface area (Å²) in [7, 11) is 0. The fourth-order valence-electron chi connectivity index (χ4n) is 3.51. The Morgan fingerprint density at radius 3 is 2.82 bits per heavy atom. The normalized spacial score (nSPS) is 16.2. The quantitative estimate of drug-likeness (QED) is 0.606. The number of carbonyl (C=O) groups is 1. The number of fused-ring (bicyclic) bond motifs is 1. The number of ether oxygens (including phenoxy) is 1. The molecule has 1 saturated heterocycles. The maximum atomic E-state index is 13.8. The zero-order chi connectivity index (χ0) is 19.4. The zero-order valence-electron chi connectivity index (χ0n) is 15.3. The van der Waals surface area contributed by atoms with Crippen molar-refractivity contribution in [2.24, 2.45) is 0 Å². The number of hydrogen-bond acceptors (Lipinski definition) is 5.